The van der Waals surface area contributed by atoms with Crippen LogP contribution in [0.15, 0.2) is 117 Å². The molecule has 0 unspecified atom stereocenters. The molecule has 0 saturated heterocycles. The van der Waals surface area contributed by atoms with Crippen LogP contribution in [0.3, 0.4) is 0 Å². The first-order valence-corrected chi connectivity index (χ1v) is 15.5. The number of hydrogen-bond donors (Lipinski definition) is 0. The van der Waals surface area contributed by atoms with Gasteiger partial charge in [-0.15, -0.1) is 0 Å². The highest BCUT2D eigenvalue weighted by Crippen LogP contribution is 2.45. The van der Waals surface area contributed by atoms with E-state index in [0.717, 1.165) is 0 Å². The Balaban J connectivity index is 1.57. The highest BCUT2D eigenvalue weighted by molar-refractivity contribution is 8.00. The lowest BCUT2D eigenvalue weighted by molar-refractivity contribution is 1.19. The lowest BCUT2D eigenvalue weighted by Gasteiger charge is -2.18. The maximum Gasteiger partial charge on any atom is 0.0207 e. The molecule has 40 heavy (non-hydrogen) atoms. The van der Waals surface area contributed by atoms with Crippen molar-refractivity contribution in [3.05, 3.63) is 130 Å². The first-order valence-electron chi connectivity index (χ1n) is 13.9. The maximum absolute atomic E-state index is 2.31. The Hall–Kier alpha value is -3.46. The van der Waals surface area contributed by atoms with E-state index in [-0.39, 0.29) is 0 Å². The number of fused-ring (bicyclic) bond motifs is 2. The van der Waals surface area contributed by atoms with E-state index in [1.807, 2.05) is 23.5 Å². The van der Waals surface area contributed by atoms with Crippen molar-refractivity contribution in [2.75, 3.05) is 0 Å². The second-order valence-corrected chi connectivity index (χ2v) is 13.1. The second-order valence-electron chi connectivity index (χ2n) is 11.0. The Morgan fingerprint density at radius 1 is 0.400 bits per heavy atom. The van der Waals surface area contributed by atoms with Crippen LogP contribution in [-0.2, 0) is 0 Å². The first-order chi connectivity index (χ1) is 19.3. The van der Waals surface area contributed by atoms with Crippen molar-refractivity contribution in [3.63, 3.8) is 0 Å². The van der Waals surface area contributed by atoms with Crippen LogP contribution in [0, 0.1) is 41.5 Å². The van der Waals surface area contributed by atoms with Crippen molar-refractivity contribution in [3.8, 4) is 11.1 Å². The maximum atomic E-state index is 2.31. The summed E-state index contributed by atoms with van der Waals surface area (Å²) >= 11 is 3.80. The number of rotatable bonds is 5. The summed E-state index contributed by atoms with van der Waals surface area (Å²) in [5.41, 5.74) is 10.6. The molecule has 0 spiro atoms. The Bertz CT molecular complexity index is 1710. The molecule has 6 rings (SSSR count). The number of aryl methyl sites for hydroxylation is 6. The van der Waals surface area contributed by atoms with Crippen LogP contribution in [0.5, 0.6) is 0 Å². The number of benzene rings is 6. The van der Waals surface area contributed by atoms with E-state index >= 15 is 0 Å². The van der Waals surface area contributed by atoms with Crippen molar-refractivity contribution in [1.29, 1.82) is 0 Å². The molecule has 0 atom stereocenters. The summed E-state index contributed by atoms with van der Waals surface area (Å²) in [5.74, 6) is 0. The minimum atomic E-state index is 1.28. The molecular formula is C38H34S2. The summed E-state index contributed by atoms with van der Waals surface area (Å²) in [5, 5.41) is 5.20. The van der Waals surface area contributed by atoms with E-state index in [9.17, 15) is 0 Å². The first kappa shape index (κ1) is 26.7. The molecule has 198 valence electrons. The Kier molecular flexibility index (Phi) is 7.25. The topological polar surface area (TPSA) is 0 Å². The zero-order chi connectivity index (χ0) is 28.0. The highest BCUT2D eigenvalue weighted by Gasteiger charge is 2.17. The van der Waals surface area contributed by atoms with E-state index in [1.54, 1.807) is 0 Å². The van der Waals surface area contributed by atoms with Crippen LogP contribution >= 0.6 is 23.5 Å². The third-order valence-corrected chi connectivity index (χ3v) is 10.5. The lowest BCUT2D eigenvalue weighted by Crippen LogP contribution is -1.91. The standard InChI is InChI=1S/C38H34S2/c1-23-19-25(3)37(26(4)20-23)39-33-17-9-13-29-11-7-15-31(35(29)33)32-16-8-12-30-14-10-18-34(36(30)32)40-38-27(5)21-24(2)22-28(38)6/h7-22H,1-6H3. The Labute approximate surface area is 246 Å². The van der Waals surface area contributed by atoms with E-state index < -0.39 is 0 Å². The quantitative estimate of drug-likeness (QED) is 0.208. The molecule has 0 radical (unpaired) electrons. The fraction of sp³-hybridized carbons (Fsp3) is 0.158. The summed E-state index contributed by atoms with van der Waals surface area (Å²) < 4.78 is 0. The van der Waals surface area contributed by atoms with Crippen molar-refractivity contribution in [2.24, 2.45) is 0 Å². The molecule has 0 aliphatic heterocycles. The highest BCUT2D eigenvalue weighted by atomic mass is 32.2. The van der Waals surface area contributed by atoms with Crippen LogP contribution in [-0.4, -0.2) is 0 Å². The zero-order valence-electron chi connectivity index (χ0n) is 24.1. The van der Waals surface area contributed by atoms with E-state index in [0.29, 0.717) is 0 Å². The van der Waals surface area contributed by atoms with Gasteiger partial charge in [-0.05, 0) is 97.8 Å². The third-order valence-electron chi connectivity index (χ3n) is 7.66. The van der Waals surface area contributed by atoms with Crippen molar-refractivity contribution in [2.45, 2.75) is 61.1 Å². The van der Waals surface area contributed by atoms with Gasteiger partial charge in [-0.1, -0.05) is 120 Å². The largest absolute Gasteiger partial charge is 0.0889 e. The van der Waals surface area contributed by atoms with Crippen LogP contribution in [0.25, 0.3) is 32.7 Å². The van der Waals surface area contributed by atoms with Gasteiger partial charge in [-0.25, -0.2) is 0 Å². The molecule has 6 aromatic carbocycles. The average molecular weight is 555 g/mol. The fourth-order valence-corrected chi connectivity index (χ4v) is 8.38. The van der Waals surface area contributed by atoms with Gasteiger partial charge in [0.25, 0.3) is 0 Å². The van der Waals surface area contributed by atoms with Crippen LogP contribution < -0.4 is 0 Å². The van der Waals surface area contributed by atoms with Crippen LogP contribution in [0.1, 0.15) is 33.4 Å². The molecular weight excluding hydrogens is 521 g/mol. The molecule has 0 aromatic heterocycles. The average Bonchev–Trinajstić information content (AvgIpc) is 2.92. The van der Waals surface area contributed by atoms with Gasteiger partial charge in [0.1, 0.15) is 0 Å². The monoisotopic (exact) mass is 554 g/mol. The minimum Gasteiger partial charge on any atom is -0.0889 e. The summed E-state index contributed by atoms with van der Waals surface area (Å²) in [6.07, 6.45) is 0. The van der Waals surface area contributed by atoms with Gasteiger partial charge in [0.15, 0.2) is 0 Å². The normalized spacial score (nSPS) is 11.4. The minimum absolute atomic E-state index is 1.28. The molecule has 0 aliphatic rings. The van der Waals surface area contributed by atoms with Gasteiger partial charge < -0.3 is 0 Å². The summed E-state index contributed by atoms with van der Waals surface area (Å²) in [6.45, 7) is 13.3. The molecule has 0 fully saturated rings. The Morgan fingerprint density at radius 3 is 1.07 bits per heavy atom. The smallest absolute Gasteiger partial charge is 0.0207 e. The van der Waals surface area contributed by atoms with Crippen LogP contribution in [0.4, 0.5) is 0 Å². The van der Waals surface area contributed by atoms with Gasteiger partial charge >= 0.3 is 0 Å². The van der Waals surface area contributed by atoms with Crippen molar-refractivity contribution >= 4 is 45.1 Å². The molecule has 0 nitrogen and oxygen atoms in total. The van der Waals surface area contributed by atoms with E-state index in [2.05, 4.69) is 139 Å². The predicted octanol–water partition coefficient (Wildman–Crippen LogP) is 11.8. The molecule has 6 aromatic rings. The van der Waals surface area contributed by atoms with E-state index in [4.69, 9.17) is 0 Å². The zero-order valence-corrected chi connectivity index (χ0v) is 25.7. The van der Waals surface area contributed by atoms with Crippen molar-refractivity contribution in [1.82, 2.24) is 0 Å². The van der Waals surface area contributed by atoms with Crippen LogP contribution in [0.2, 0.25) is 0 Å². The van der Waals surface area contributed by atoms with Gasteiger partial charge in [-0.3, -0.25) is 0 Å². The molecule has 2 heteroatoms. The van der Waals surface area contributed by atoms with Gasteiger partial charge in [0.2, 0.25) is 0 Å². The molecule has 0 amide bonds. The molecule has 0 bridgehead atoms. The predicted molar refractivity (Wildman–Crippen MR) is 176 cm³/mol. The van der Waals surface area contributed by atoms with Gasteiger partial charge in [0.05, 0.1) is 0 Å². The summed E-state index contributed by atoms with van der Waals surface area (Å²) in [7, 11) is 0. The fourth-order valence-electron chi connectivity index (χ4n) is 6.11. The lowest BCUT2D eigenvalue weighted by atomic mass is 9.94. The SMILES string of the molecule is Cc1cc(C)c(Sc2cccc3cccc(-c4cccc5cccc(Sc6c(C)cc(C)cc6C)c45)c23)c(C)c1. The third kappa shape index (κ3) is 4.96. The number of hydrogen-bond acceptors (Lipinski definition) is 2. The van der Waals surface area contributed by atoms with Gasteiger partial charge in [-0.2, -0.15) is 0 Å². The Morgan fingerprint density at radius 2 is 0.725 bits per heavy atom. The molecule has 0 heterocycles. The van der Waals surface area contributed by atoms with E-state index in [1.165, 1.54) is 85.6 Å². The summed E-state index contributed by atoms with van der Waals surface area (Å²) in [4.78, 5) is 5.31. The summed E-state index contributed by atoms with van der Waals surface area (Å²) in [6, 6.07) is 36.2. The van der Waals surface area contributed by atoms with Gasteiger partial charge in [0, 0.05) is 30.4 Å². The molecule has 0 saturated carbocycles. The molecule has 0 aliphatic carbocycles. The van der Waals surface area contributed by atoms with Crippen molar-refractivity contribution < 1.29 is 0 Å². The second kappa shape index (κ2) is 10.8. The molecule has 0 N–H and O–H groups in total.